The zero-order valence-electron chi connectivity index (χ0n) is 10.5. The Kier molecular flexibility index (Phi) is 3.97. The van der Waals surface area contributed by atoms with E-state index in [1.54, 1.807) is 0 Å². The Morgan fingerprint density at radius 2 is 1.60 bits per heavy atom. The number of aliphatic hydroxyl groups is 1. The number of H-pyrrole nitrogens is 1. The van der Waals surface area contributed by atoms with Crippen molar-refractivity contribution in [1.29, 1.82) is 0 Å². The van der Waals surface area contributed by atoms with Gasteiger partial charge in [-0.25, -0.2) is 0 Å². The van der Waals surface area contributed by atoms with Gasteiger partial charge in [-0.3, -0.25) is 0 Å². The molecule has 86 valence electrons. The van der Waals surface area contributed by atoms with E-state index in [0.717, 1.165) is 18.5 Å². The first kappa shape index (κ1) is 12.3. The molecular weight excluding hydrogens is 186 g/mol. The number of hydrogen-bond donors (Lipinski definition) is 2. The number of rotatable bonds is 4. The molecule has 0 aromatic carbocycles. The summed E-state index contributed by atoms with van der Waals surface area (Å²) in [6, 6.07) is 0. The minimum Gasteiger partial charge on any atom is -0.387 e. The Morgan fingerprint density at radius 1 is 1.07 bits per heavy atom. The quantitative estimate of drug-likeness (QED) is 0.783. The van der Waals surface area contributed by atoms with Gasteiger partial charge in [-0.1, -0.05) is 26.7 Å². The van der Waals surface area contributed by atoms with Crippen molar-refractivity contribution in [2.75, 3.05) is 0 Å². The van der Waals surface area contributed by atoms with Crippen LogP contribution in [0.2, 0.25) is 0 Å². The molecule has 1 aromatic rings. The Labute approximate surface area is 92.7 Å². The van der Waals surface area contributed by atoms with Crippen molar-refractivity contribution in [2.45, 2.75) is 53.6 Å². The third kappa shape index (κ3) is 2.25. The van der Waals surface area contributed by atoms with Crippen LogP contribution in [0.4, 0.5) is 0 Å². The van der Waals surface area contributed by atoms with Gasteiger partial charge in [0, 0.05) is 11.4 Å². The average molecular weight is 209 g/mol. The fraction of sp³-hybridized carbons (Fsp3) is 0.692. The molecule has 0 saturated heterocycles. The summed E-state index contributed by atoms with van der Waals surface area (Å²) in [5.41, 5.74) is 4.67. The Bertz CT molecular complexity index is 324. The molecule has 0 amide bonds. The Morgan fingerprint density at radius 3 is 1.93 bits per heavy atom. The summed E-state index contributed by atoms with van der Waals surface area (Å²) in [4.78, 5) is 3.31. The smallest absolute Gasteiger partial charge is 0.0968 e. The molecule has 0 fully saturated rings. The van der Waals surface area contributed by atoms with Crippen molar-refractivity contribution in [3.8, 4) is 0 Å². The topological polar surface area (TPSA) is 36.0 Å². The molecule has 2 heteroatoms. The molecular formula is C13H23NO. The molecule has 0 aliphatic rings. The van der Waals surface area contributed by atoms with Gasteiger partial charge in [0.25, 0.3) is 0 Å². The highest BCUT2D eigenvalue weighted by Gasteiger charge is 2.22. The van der Waals surface area contributed by atoms with E-state index in [4.69, 9.17) is 0 Å². The number of hydrogen-bond acceptors (Lipinski definition) is 1. The molecule has 0 aliphatic heterocycles. The molecule has 2 N–H and O–H groups in total. The summed E-state index contributed by atoms with van der Waals surface area (Å²) in [6.07, 6.45) is 1.70. The Hall–Kier alpha value is -0.760. The van der Waals surface area contributed by atoms with Gasteiger partial charge in [0.05, 0.1) is 6.10 Å². The largest absolute Gasteiger partial charge is 0.387 e. The number of aromatic nitrogens is 1. The standard InChI is InChI=1S/C13H23NO/c1-6-11(7-2)13(15)12-9(4)8(3)10(5)14-12/h11,13-15H,6-7H2,1-5H3. The number of aromatic amines is 1. The second kappa shape index (κ2) is 4.84. The fourth-order valence-corrected chi connectivity index (χ4v) is 2.14. The highest BCUT2D eigenvalue weighted by molar-refractivity contribution is 5.35. The molecule has 1 rings (SSSR count). The minimum atomic E-state index is -0.340. The highest BCUT2D eigenvalue weighted by atomic mass is 16.3. The van der Waals surface area contributed by atoms with Crippen molar-refractivity contribution in [3.05, 3.63) is 22.5 Å². The molecule has 15 heavy (non-hydrogen) atoms. The predicted molar refractivity (Wildman–Crippen MR) is 64.0 cm³/mol. The van der Waals surface area contributed by atoms with Gasteiger partial charge in [-0.15, -0.1) is 0 Å². The van der Waals surface area contributed by atoms with E-state index in [-0.39, 0.29) is 6.10 Å². The summed E-state index contributed by atoms with van der Waals surface area (Å²) in [6.45, 7) is 10.5. The first-order valence-corrected chi connectivity index (χ1v) is 5.86. The van der Waals surface area contributed by atoms with E-state index in [9.17, 15) is 5.11 Å². The van der Waals surface area contributed by atoms with E-state index in [1.807, 2.05) is 0 Å². The lowest BCUT2D eigenvalue weighted by Gasteiger charge is -2.20. The second-order valence-corrected chi connectivity index (χ2v) is 4.44. The monoisotopic (exact) mass is 209 g/mol. The van der Waals surface area contributed by atoms with Crippen LogP contribution >= 0.6 is 0 Å². The van der Waals surface area contributed by atoms with Crippen molar-refractivity contribution in [1.82, 2.24) is 4.98 Å². The van der Waals surface area contributed by atoms with Gasteiger partial charge in [0.15, 0.2) is 0 Å². The maximum absolute atomic E-state index is 10.3. The molecule has 1 unspecified atom stereocenters. The number of aliphatic hydroxyl groups excluding tert-OH is 1. The van der Waals surface area contributed by atoms with Crippen LogP contribution in [0, 0.1) is 26.7 Å². The molecule has 0 spiro atoms. The predicted octanol–water partition coefficient (Wildman–Crippen LogP) is 3.41. The van der Waals surface area contributed by atoms with E-state index >= 15 is 0 Å². The Balaban J connectivity index is 3.00. The van der Waals surface area contributed by atoms with Gasteiger partial charge in [-0.2, -0.15) is 0 Å². The lowest BCUT2D eigenvalue weighted by molar-refractivity contribution is 0.0989. The molecule has 1 atom stereocenters. The van der Waals surface area contributed by atoms with E-state index in [0.29, 0.717) is 5.92 Å². The maximum Gasteiger partial charge on any atom is 0.0968 e. The molecule has 0 bridgehead atoms. The van der Waals surface area contributed by atoms with Crippen LogP contribution in [0.15, 0.2) is 0 Å². The minimum absolute atomic E-state index is 0.340. The second-order valence-electron chi connectivity index (χ2n) is 4.44. The van der Waals surface area contributed by atoms with Crippen LogP contribution in [0.25, 0.3) is 0 Å². The zero-order valence-corrected chi connectivity index (χ0v) is 10.5. The van der Waals surface area contributed by atoms with Gasteiger partial charge in [0.2, 0.25) is 0 Å². The summed E-state index contributed by atoms with van der Waals surface area (Å²) in [5, 5.41) is 10.3. The normalized spacial score (nSPS) is 13.5. The molecule has 0 aliphatic carbocycles. The molecule has 0 radical (unpaired) electrons. The lowest BCUT2D eigenvalue weighted by atomic mass is 9.92. The van der Waals surface area contributed by atoms with Crippen molar-refractivity contribution in [3.63, 3.8) is 0 Å². The van der Waals surface area contributed by atoms with Crippen LogP contribution in [-0.2, 0) is 0 Å². The van der Waals surface area contributed by atoms with Gasteiger partial charge >= 0.3 is 0 Å². The highest BCUT2D eigenvalue weighted by Crippen LogP contribution is 2.30. The van der Waals surface area contributed by atoms with Gasteiger partial charge < -0.3 is 10.1 Å². The average Bonchev–Trinajstić information content (AvgIpc) is 2.47. The van der Waals surface area contributed by atoms with E-state index < -0.39 is 0 Å². The van der Waals surface area contributed by atoms with Gasteiger partial charge in [-0.05, 0) is 37.8 Å². The summed E-state index contributed by atoms with van der Waals surface area (Å²) < 4.78 is 0. The van der Waals surface area contributed by atoms with Crippen LogP contribution in [-0.4, -0.2) is 10.1 Å². The summed E-state index contributed by atoms with van der Waals surface area (Å²) in [7, 11) is 0. The van der Waals surface area contributed by atoms with E-state index in [2.05, 4.69) is 39.6 Å². The summed E-state index contributed by atoms with van der Waals surface area (Å²) in [5.74, 6) is 0.362. The van der Waals surface area contributed by atoms with Crippen molar-refractivity contribution >= 4 is 0 Å². The SMILES string of the molecule is CCC(CC)C(O)c1[nH]c(C)c(C)c1C. The van der Waals surface area contributed by atoms with Crippen LogP contribution in [0.1, 0.15) is 55.3 Å². The summed E-state index contributed by atoms with van der Waals surface area (Å²) >= 11 is 0. The van der Waals surface area contributed by atoms with Crippen LogP contribution < -0.4 is 0 Å². The first-order valence-electron chi connectivity index (χ1n) is 5.86. The molecule has 1 aromatic heterocycles. The van der Waals surface area contributed by atoms with Crippen molar-refractivity contribution < 1.29 is 5.11 Å². The van der Waals surface area contributed by atoms with Crippen LogP contribution in [0.3, 0.4) is 0 Å². The third-order valence-corrected chi connectivity index (χ3v) is 3.64. The number of aryl methyl sites for hydroxylation is 1. The van der Waals surface area contributed by atoms with E-state index in [1.165, 1.54) is 16.8 Å². The fourth-order valence-electron chi connectivity index (χ4n) is 2.14. The maximum atomic E-state index is 10.3. The third-order valence-electron chi connectivity index (χ3n) is 3.64. The molecule has 0 saturated carbocycles. The van der Waals surface area contributed by atoms with Gasteiger partial charge in [0.1, 0.15) is 0 Å². The molecule has 1 heterocycles. The lowest BCUT2D eigenvalue weighted by Crippen LogP contribution is -2.12. The number of nitrogens with one attached hydrogen (secondary N) is 1. The molecule has 2 nitrogen and oxygen atoms in total. The van der Waals surface area contributed by atoms with Crippen LogP contribution in [0.5, 0.6) is 0 Å². The zero-order chi connectivity index (χ0) is 11.6. The first-order chi connectivity index (χ1) is 7.02. The van der Waals surface area contributed by atoms with Crippen molar-refractivity contribution in [2.24, 2.45) is 5.92 Å².